The molecule has 0 aliphatic rings. The molecule has 1 amide bonds. The fraction of sp³-hybridized carbons (Fsp3) is 0.595. The molecule has 0 fully saturated rings. The highest BCUT2D eigenvalue weighted by Gasteiger charge is 2.50. The molecular formula is C37H53NO10. The Morgan fingerprint density at radius 1 is 0.917 bits per heavy atom. The highest BCUT2D eigenvalue weighted by molar-refractivity contribution is 5.95. The van der Waals surface area contributed by atoms with Gasteiger partial charge in [0.05, 0.1) is 26.6 Å². The second kappa shape index (κ2) is 24.0. The highest BCUT2D eigenvalue weighted by Crippen LogP contribution is 2.27. The van der Waals surface area contributed by atoms with Crippen molar-refractivity contribution in [3.8, 4) is 17.6 Å². The van der Waals surface area contributed by atoms with Crippen molar-refractivity contribution >= 4 is 29.6 Å². The van der Waals surface area contributed by atoms with Gasteiger partial charge in [-0.25, -0.2) is 9.59 Å². The zero-order valence-electron chi connectivity index (χ0n) is 28.9. The van der Waals surface area contributed by atoms with Gasteiger partial charge in [-0.05, 0) is 50.3 Å². The summed E-state index contributed by atoms with van der Waals surface area (Å²) in [4.78, 5) is 62.8. The lowest BCUT2D eigenvalue weighted by atomic mass is 9.82. The van der Waals surface area contributed by atoms with Gasteiger partial charge in [0.1, 0.15) is 24.2 Å². The molecule has 3 atom stereocenters. The molecule has 1 aromatic carbocycles. The number of amides is 1. The third-order valence-electron chi connectivity index (χ3n) is 7.91. The summed E-state index contributed by atoms with van der Waals surface area (Å²) in [5, 5.41) is 23.7. The van der Waals surface area contributed by atoms with Crippen LogP contribution in [0.15, 0.2) is 36.4 Å². The molecule has 0 aliphatic carbocycles. The minimum Gasteiger partial charge on any atom is -0.481 e. The van der Waals surface area contributed by atoms with Crippen molar-refractivity contribution < 1.29 is 48.4 Å². The molecule has 0 bridgehead atoms. The molecule has 11 nitrogen and oxygen atoms in total. The van der Waals surface area contributed by atoms with Crippen LogP contribution in [0.1, 0.15) is 103 Å². The Balaban J connectivity index is 2.94. The summed E-state index contributed by atoms with van der Waals surface area (Å²) < 4.78 is 14.9. The predicted octanol–water partition coefficient (Wildman–Crippen LogP) is 5.11. The van der Waals surface area contributed by atoms with E-state index in [1.54, 1.807) is 37.3 Å². The minimum absolute atomic E-state index is 0.110. The standard InChI is InChI=1S/C37H53NO10/c1-5-7-9-12-15-18-29(39)19-16-13-10-11-14-17-20-31(37(45,36(44)47-4)27-33(40)46-3)34(41)38-32(35(42)43)26-28-21-23-30(24-22-28)48-25-8-6-2/h17,20-24,31-32,45H,5,7,9-16,18-19,25-27H2,1-4H3,(H,38,41)(H,42,43)/b20-17+/t31-,32+,37+/m1/s1. The fourth-order valence-electron chi connectivity index (χ4n) is 5.07. The Morgan fingerprint density at radius 3 is 2.10 bits per heavy atom. The predicted molar refractivity (Wildman–Crippen MR) is 181 cm³/mol. The Morgan fingerprint density at radius 2 is 1.54 bits per heavy atom. The average Bonchev–Trinajstić information content (AvgIpc) is 3.07. The number of esters is 2. The monoisotopic (exact) mass is 671 g/mol. The second-order valence-electron chi connectivity index (χ2n) is 11.7. The van der Waals surface area contributed by atoms with E-state index < -0.39 is 47.8 Å². The van der Waals surface area contributed by atoms with Crippen molar-refractivity contribution in [2.75, 3.05) is 20.8 Å². The summed E-state index contributed by atoms with van der Waals surface area (Å²) in [6.45, 7) is 4.05. The topological polar surface area (TPSA) is 166 Å². The van der Waals surface area contributed by atoms with Crippen LogP contribution in [0.4, 0.5) is 0 Å². The van der Waals surface area contributed by atoms with E-state index in [2.05, 4.69) is 28.8 Å². The van der Waals surface area contributed by atoms with Gasteiger partial charge in [0.2, 0.25) is 5.91 Å². The Hall–Kier alpha value is -4.17. The molecule has 1 aromatic rings. The summed E-state index contributed by atoms with van der Waals surface area (Å²) in [6, 6.07) is 5.18. The van der Waals surface area contributed by atoms with Crippen LogP contribution in [-0.2, 0) is 39.9 Å². The maximum absolute atomic E-state index is 13.6. The van der Waals surface area contributed by atoms with Crippen LogP contribution in [0.25, 0.3) is 0 Å². The number of hydrogen-bond acceptors (Lipinski definition) is 9. The number of nitrogens with one attached hydrogen (secondary N) is 1. The molecule has 48 heavy (non-hydrogen) atoms. The van der Waals surface area contributed by atoms with Gasteiger partial charge in [0, 0.05) is 19.3 Å². The number of carbonyl (C=O) groups is 5. The van der Waals surface area contributed by atoms with Crippen LogP contribution >= 0.6 is 0 Å². The molecule has 1 rings (SSSR count). The number of ketones is 1. The van der Waals surface area contributed by atoms with Crippen molar-refractivity contribution in [2.45, 2.75) is 115 Å². The smallest absolute Gasteiger partial charge is 0.339 e. The lowest BCUT2D eigenvalue weighted by Crippen LogP contribution is -2.55. The number of benzene rings is 1. The quantitative estimate of drug-likeness (QED) is 0.0550. The molecule has 0 aromatic heterocycles. The first-order valence-corrected chi connectivity index (χ1v) is 16.7. The number of unbranched alkanes of at least 4 members (excludes halogenated alkanes) is 8. The zero-order chi connectivity index (χ0) is 35.8. The van der Waals surface area contributed by atoms with E-state index in [-0.39, 0.29) is 18.8 Å². The van der Waals surface area contributed by atoms with E-state index in [1.807, 2.05) is 0 Å². The number of hydrogen-bond donors (Lipinski definition) is 3. The van der Waals surface area contributed by atoms with Gasteiger partial charge in [-0.1, -0.05) is 75.7 Å². The molecule has 0 saturated heterocycles. The number of allylic oxidation sites excluding steroid dienone is 1. The third kappa shape index (κ3) is 16.1. The number of carboxylic acid groups (broad SMARTS) is 1. The molecule has 0 spiro atoms. The Bertz CT molecular complexity index is 1250. The molecule has 0 aliphatic heterocycles. The molecule has 0 saturated carbocycles. The lowest BCUT2D eigenvalue weighted by Gasteiger charge is -2.31. The molecular weight excluding hydrogens is 618 g/mol. The summed E-state index contributed by atoms with van der Waals surface area (Å²) >= 11 is 0. The first-order valence-electron chi connectivity index (χ1n) is 16.7. The third-order valence-corrected chi connectivity index (χ3v) is 7.91. The van der Waals surface area contributed by atoms with Gasteiger partial charge in [-0.2, -0.15) is 0 Å². The number of aliphatic carboxylic acids is 1. The number of aliphatic hydroxyl groups is 1. The largest absolute Gasteiger partial charge is 0.481 e. The van der Waals surface area contributed by atoms with E-state index in [9.17, 15) is 34.2 Å². The van der Waals surface area contributed by atoms with E-state index in [0.717, 1.165) is 46.3 Å². The first-order chi connectivity index (χ1) is 23.0. The summed E-state index contributed by atoms with van der Waals surface area (Å²) in [5.41, 5.74) is -2.09. The van der Waals surface area contributed by atoms with Gasteiger partial charge in [-0.3, -0.25) is 14.4 Å². The number of Topliss-reactive ketones (excluding diaryl/α,β-unsaturated/α-hetero) is 1. The summed E-state index contributed by atoms with van der Waals surface area (Å²) in [5.74, 6) is 0.116. The van der Waals surface area contributed by atoms with Crippen LogP contribution in [0, 0.1) is 17.8 Å². The van der Waals surface area contributed by atoms with Gasteiger partial charge >= 0.3 is 17.9 Å². The minimum atomic E-state index is -2.66. The Kier molecular flexibility index (Phi) is 21.0. The maximum atomic E-state index is 13.6. The summed E-state index contributed by atoms with van der Waals surface area (Å²) in [7, 11) is 2.07. The normalized spacial score (nSPS) is 13.4. The SMILES string of the molecule is CC#CCOc1ccc(C[C@H](NC(=O)[C@@H](/C=C/CCCCCCC(=O)CCCCCCC)[C@@](O)(CC(=O)OC)C(=O)OC)C(=O)O)cc1. The van der Waals surface area contributed by atoms with Crippen LogP contribution < -0.4 is 10.1 Å². The van der Waals surface area contributed by atoms with E-state index in [4.69, 9.17) is 9.47 Å². The Labute approximate surface area is 284 Å². The molecule has 266 valence electrons. The first kappa shape index (κ1) is 41.9. The van der Waals surface area contributed by atoms with Gasteiger partial charge < -0.3 is 29.7 Å². The second-order valence-corrected chi connectivity index (χ2v) is 11.7. The van der Waals surface area contributed by atoms with Crippen molar-refractivity contribution in [2.24, 2.45) is 5.92 Å². The molecule has 3 N–H and O–H groups in total. The number of methoxy groups -OCH3 is 2. The molecule has 0 radical (unpaired) electrons. The lowest BCUT2D eigenvalue weighted by molar-refractivity contribution is -0.176. The summed E-state index contributed by atoms with van der Waals surface area (Å²) in [6.07, 6.45) is 12.3. The number of carbonyl (C=O) groups excluding carboxylic acids is 4. The number of carboxylic acids is 1. The van der Waals surface area contributed by atoms with E-state index >= 15 is 0 Å². The van der Waals surface area contributed by atoms with Crippen LogP contribution in [-0.4, -0.2) is 72.3 Å². The van der Waals surface area contributed by atoms with Crippen molar-refractivity contribution in [3.63, 3.8) is 0 Å². The van der Waals surface area contributed by atoms with Crippen molar-refractivity contribution in [3.05, 3.63) is 42.0 Å². The van der Waals surface area contributed by atoms with Crippen LogP contribution in [0.3, 0.4) is 0 Å². The number of ether oxygens (including phenoxy) is 3. The molecule has 0 heterocycles. The average molecular weight is 672 g/mol. The highest BCUT2D eigenvalue weighted by atomic mass is 16.5. The fourth-order valence-corrected chi connectivity index (χ4v) is 5.07. The number of rotatable bonds is 25. The van der Waals surface area contributed by atoms with Crippen molar-refractivity contribution in [1.82, 2.24) is 5.32 Å². The van der Waals surface area contributed by atoms with Crippen LogP contribution in [0.5, 0.6) is 5.75 Å². The molecule has 11 heteroatoms. The van der Waals surface area contributed by atoms with Gasteiger partial charge in [0.25, 0.3) is 0 Å². The van der Waals surface area contributed by atoms with Crippen LogP contribution in [0.2, 0.25) is 0 Å². The van der Waals surface area contributed by atoms with Crippen molar-refractivity contribution in [1.29, 1.82) is 0 Å². The zero-order valence-corrected chi connectivity index (χ0v) is 28.9. The molecule has 0 unspecified atom stereocenters. The maximum Gasteiger partial charge on any atom is 0.339 e. The van der Waals surface area contributed by atoms with Gasteiger partial charge in [0.15, 0.2) is 5.60 Å². The van der Waals surface area contributed by atoms with Gasteiger partial charge in [-0.15, -0.1) is 5.92 Å². The van der Waals surface area contributed by atoms with E-state index in [1.165, 1.54) is 25.3 Å². The van der Waals surface area contributed by atoms with E-state index in [0.29, 0.717) is 37.0 Å².